The molecule has 1 heterocycles. The SMILES string of the molecule is [2H]c1nc(C(C)(C)C)nc([2H])c1C(C)(C)C. The smallest absolute Gasteiger partial charge is 0.133 e. The van der Waals surface area contributed by atoms with Gasteiger partial charge in [-0.15, -0.1) is 0 Å². The van der Waals surface area contributed by atoms with Crippen molar-refractivity contribution in [3.63, 3.8) is 0 Å². The van der Waals surface area contributed by atoms with Crippen molar-refractivity contribution in [2.24, 2.45) is 0 Å². The highest BCUT2D eigenvalue weighted by Crippen LogP contribution is 2.22. The molecule has 0 fully saturated rings. The Morgan fingerprint density at radius 1 is 0.929 bits per heavy atom. The minimum Gasteiger partial charge on any atom is -0.241 e. The van der Waals surface area contributed by atoms with Gasteiger partial charge in [-0.3, -0.25) is 0 Å². The molecule has 0 aliphatic rings. The maximum Gasteiger partial charge on any atom is 0.133 e. The minimum atomic E-state index is -0.259. The van der Waals surface area contributed by atoms with Crippen LogP contribution in [0.25, 0.3) is 0 Å². The van der Waals surface area contributed by atoms with Gasteiger partial charge in [0, 0.05) is 17.8 Å². The van der Waals surface area contributed by atoms with E-state index in [1.54, 1.807) is 0 Å². The molecule has 0 unspecified atom stereocenters. The highest BCUT2D eigenvalue weighted by Gasteiger charge is 2.19. The molecular formula is C12H20N2. The summed E-state index contributed by atoms with van der Waals surface area (Å²) in [6, 6.07) is 0. The first-order valence-electron chi connectivity index (χ1n) is 5.89. The van der Waals surface area contributed by atoms with Crippen molar-refractivity contribution >= 4 is 0 Å². The molecule has 0 saturated carbocycles. The van der Waals surface area contributed by atoms with Gasteiger partial charge in [0.05, 0.1) is 2.74 Å². The van der Waals surface area contributed by atoms with E-state index in [9.17, 15) is 0 Å². The predicted octanol–water partition coefficient (Wildman–Crippen LogP) is 3.07. The van der Waals surface area contributed by atoms with E-state index >= 15 is 0 Å². The van der Waals surface area contributed by atoms with E-state index in [1.165, 1.54) is 0 Å². The summed E-state index contributed by atoms with van der Waals surface area (Å²) < 4.78 is 15.8. The van der Waals surface area contributed by atoms with Crippen LogP contribution in [0.3, 0.4) is 0 Å². The van der Waals surface area contributed by atoms with Gasteiger partial charge in [0.2, 0.25) is 0 Å². The van der Waals surface area contributed by atoms with Gasteiger partial charge < -0.3 is 0 Å². The van der Waals surface area contributed by atoms with Gasteiger partial charge >= 0.3 is 0 Å². The molecule has 1 aromatic heterocycles. The van der Waals surface area contributed by atoms with E-state index in [-0.39, 0.29) is 23.2 Å². The van der Waals surface area contributed by atoms with Gasteiger partial charge in [-0.2, -0.15) is 0 Å². The summed E-state index contributed by atoms with van der Waals surface area (Å²) in [4.78, 5) is 8.41. The van der Waals surface area contributed by atoms with Crippen LogP contribution in [-0.2, 0) is 10.8 Å². The van der Waals surface area contributed by atoms with Crippen LogP contribution in [0.5, 0.6) is 0 Å². The molecule has 1 aromatic rings. The molecule has 0 bridgehead atoms. The van der Waals surface area contributed by atoms with E-state index in [0.717, 1.165) is 0 Å². The Bertz CT molecular complexity index is 377. The Hall–Kier alpha value is -0.920. The first-order chi connectivity index (χ1) is 7.03. The van der Waals surface area contributed by atoms with Crippen molar-refractivity contribution in [1.29, 1.82) is 0 Å². The van der Waals surface area contributed by atoms with Crippen molar-refractivity contribution < 1.29 is 2.74 Å². The Kier molecular flexibility index (Phi) is 2.00. The third-order valence-corrected chi connectivity index (χ3v) is 1.97. The van der Waals surface area contributed by atoms with E-state index in [4.69, 9.17) is 2.74 Å². The maximum absolute atomic E-state index is 7.92. The zero-order valence-electron chi connectivity index (χ0n) is 11.9. The number of hydrogen-bond donors (Lipinski definition) is 0. The molecule has 0 aromatic carbocycles. The van der Waals surface area contributed by atoms with Crippen molar-refractivity contribution in [3.05, 3.63) is 23.7 Å². The van der Waals surface area contributed by atoms with E-state index in [2.05, 4.69) is 9.97 Å². The molecule has 2 nitrogen and oxygen atoms in total. The number of nitrogens with zero attached hydrogens (tertiary/aromatic N) is 2. The molecule has 0 spiro atoms. The van der Waals surface area contributed by atoms with Crippen LogP contribution in [0, 0.1) is 0 Å². The molecule has 78 valence electrons. The molecule has 0 aliphatic carbocycles. The lowest BCUT2D eigenvalue weighted by atomic mass is 9.89. The third kappa shape index (κ3) is 2.53. The summed E-state index contributed by atoms with van der Waals surface area (Å²) in [5.74, 6) is 0.565. The van der Waals surface area contributed by atoms with Crippen LogP contribution >= 0.6 is 0 Å². The second-order valence-electron chi connectivity index (χ2n) is 5.65. The lowest BCUT2D eigenvalue weighted by Crippen LogP contribution is -2.18. The Morgan fingerprint density at radius 3 is 1.64 bits per heavy atom. The molecule has 2 heteroatoms. The van der Waals surface area contributed by atoms with Crippen LogP contribution in [-0.4, -0.2) is 9.97 Å². The largest absolute Gasteiger partial charge is 0.241 e. The minimum absolute atomic E-state index is 0.178. The molecular weight excluding hydrogens is 172 g/mol. The average Bonchev–Trinajstić information content (AvgIpc) is 1.97. The summed E-state index contributed by atoms with van der Waals surface area (Å²) in [6.45, 7) is 11.9. The van der Waals surface area contributed by atoms with Crippen molar-refractivity contribution in [2.45, 2.75) is 52.4 Å². The second kappa shape index (κ2) is 3.34. The van der Waals surface area contributed by atoms with E-state index in [1.807, 2.05) is 41.5 Å². The molecule has 0 aliphatic heterocycles. The topological polar surface area (TPSA) is 25.8 Å². The normalized spacial score (nSPS) is 15.0. The molecule has 0 atom stereocenters. The van der Waals surface area contributed by atoms with Crippen molar-refractivity contribution in [3.8, 4) is 0 Å². The van der Waals surface area contributed by atoms with Crippen LogP contribution in [0.2, 0.25) is 0 Å². The Labute approximate surface area is 89.6 Å². The molecule has 14 heavy (non-hydrogen) atoms. The van der Waals surface area contributed by atoms with Gasteiger partial charge in [0.1, 0.15) is 5.82 Å². The number of aromatic nitrogens is 2. The summed E-state index contributed by atoms with van der Waals surface area (Å²) in [5.41, 5.74) is 0.132. The summed E-state index contributed by atoms with van der Waals surface area (Å²) in [7, 11) is 0. The summed E-state index contributed by atoms with van der Waals surface area (Å²) in [5, 5.41) is 0. The van der Waals surface area contributed by atoms with Gasteiger partial charge in [-0.05, 0) is 11.0 Å². The fourth-order valence-corrected chi connectivity index (χ4v) is 0.939. The van der Waals surface area contributed by atoms with E-state index in [0.29, 0.717) is 11.4 Å². The molecule has 0 N–H and O–H groups in total. The second-order valence-corrected chi connectivity index (χ2v) is 5.65. The Morgan fingerprint density at radius 2 is 1.36 bits per heavy atom. The van der Waals surface area contributed by atoms with Crippen molar-refractivity contribution in [1.82, 2.24) is 9.97 Å². The zero-order valence-corrected chi connectivity index (χ0v) is 9.89. The highest BCUT2D eigenvalue weighted by molar-refractivity contribution is 5.17. The predicted molar refractivity (Wildman–Crippen MR) is 59.4 cm³/mol. The fourth-order valence-electron chi connectivity index (χ4n) is 0.939. The molecule has 0 radical (unpaired) electrons. The first kappa shape index (κ1) is 8.39. The number of hydrogen-bond acceptors (Lipinski definition) is 2. The van der Waals surface area contributed by atoms with Gasteiger partial charge in [-0.1, -0.05) is 41.5 Å². The summed E-state index contributed by atoms with van der Waals surface area (Å²) in [6.07, 6.45) is 0.356. The number of rotatable bonds is 0. The highest BCUT2D eigenvalue weighted by atomic mass is 14.9. The third-order valence-electron chi connectivity index (χ3n) is 1.97. The fraction of sp³-hybridized carbons (Fsp3) is 0.667. The van der Waals surface area contributed by atoms with Crippen LogP contribution < -0.4 is 0 Å². The zero-order chi connectivity index (χ0) is 12.7. The van der Waals surface area contributed by atoms with Gasteiger partial charge in [-0.25, -0.2) is 9.97 Å². The standard InChI is InChI=1S/C12H20N2/c1-11(2,3)9-7-13-10(14-8-9)12(4,5)6/h7-8H,1-6H3/i7D,8D. The lowest BCUT2D eigenvalue weighted by molar-refractivity contribution is 0.532. The van der Waals surface area contributed by atoms with Gasteiger partial charge in [0.15, 0.2) is 0 Å². The van der Waals surface area contributed by atoms with Crippen LogP contribution in [0.15, 0.2) is 12.3 Å². The Balaban J connectivity index is 3.41. The van der Waals surface area contributed by atoms with Crippen LogP contribution in [0.1, 0.15) is 55.7 Å². The molecule has 0 saturated heterocycles. The quantitative estimate of drug-likeness (QED) is 0.634. The van der Waals surface area contributed by atoms with Gasteiger partial charge in [0.25, 0.3) is 0 Å². The molecule has 1 rings (SSSR count). The maximum atomic E-state index is 7.92. The monoisotopic (exact) mass is 194 g/mol. The van der Waals surface area contributed by atoms with Crippen LogP contribution in [0.4, 0.5) is 0 Å². The van der Waals surface area contributed by atoms with E-state index < -0.39 is 0 Å². The lowest BCUT2D eigenvalue weighted by Gasteiger charge is -2.20. The van der Waals surface area contributed by atoms with Crippen molar-refractivity contribution in [2.75, 3.05) is 0 Å². The average molecular weight is 194 g/mol. The summed E-state index contributed by atoms with van der Waals surface area (Å²) >= 11 is 0. The first-order valence-corrected chi connectivity index (χ1v) is 4.89. The molecule has 0 amide bonds.